The van der Waals surface area contributed by atoms with E-state index in [0.29, 0.717) is 38.0 Å². The number of hydrogen-bond acceptors (Lipinski definition) is 9. The van der Waals surface area contributed by atoms with Crippen molar-refractivity contribution in [2.75, 3.05) is 24.2 Å². The molecule has 3 aliphatic rings. The van der Waals surface area contributed by atoms with Crippen LogP contribution in [0.15, 0.2) is 18.2 Å². The molecule has 0 aliphatic carbocycles. The molecule has 0 bridgehead atoms. The number of imide groups is 2. The summed E-state index contributed by atoms with van der Waals surface area (Å²) < 4.78 is 33.3. The Labute approximate surface area is 302 Å². The molecule has 3 heterocycles. The molecule has 13 nitrogen and oxygen atoms in total. The van der Waals surface area contributed by atoms with Crippen LogP contribution in [-0.2, 0) is 24.3 Å². The molecule has 3 atom stereocenters. The molecule has 1 aromatic carbocycles. The van der Waals surface area contributed by atoms with Crippen molar-refractivity contribution in [2.24, 2.45) is 11.1 Å². The predicted octanol–water partition coefficient (Wildman–Crippen LogP) is 5.49. The van der Waals surface area contributed by atoms with Gasteiger partial charge in [0, 0.05) is 37.7 Å². The largest absolute Gasteiger partial charge is 0.446 e. The average Bonchev–Trinajstić information content (AvgIpc) is 3.31. The van der Waals surface area contributed by atoms with E-state index in [4.69, 9.17) is 10.5 Å². The molecular weight excluding hydrogens is 675 g/mol. The SMILES string of the molecule is CC(C)(C)C1CC(OC(N)=O)CCN1S(=O)(=O)CCCCCCCCCCCCCCNc1cccc2c1C(=O)N(C1CCC(=O)NC1=O)C2=O. The molecule has 284 valence electrons. The summed E-state index contributed by atoms with van der Waals surface area (Å²) in [5.41, 5.74) is 6.07. The first-order chi connectivity index (χ1) is 24.2. The van der Waals surface area contributed by atoms with Gasteiger partial charge in [-0.25, -0.2) is 13.2 Å². The zero-order valence-electron chi connectivity index (χ0n) is 30.5. The molecule has 5 amide bonds. The van der Waals surface area contributed by atoms with Gasteiger partial charge in [0.2, 0.25) is 21.8 Å². The highest BCUT2D eigenvalue weighted by molar-refractivity contribution is 7.89. The van der Waals surface area contributed by atoms with Crippen LogP contribution in [-0.4, -0.2) is 84.4 Å². The highest BCUT2D eigenvalue weighted by Crippen LogP contribution is 2.36. The van der Waals surface area contributed by atoms with Crippen LogP contribution in [0.5, 0.6) is 0 Å². The summed E-state index contributed by atoms with van der Waals surface area (Å²) in [7, 11) is -3.40. The van der Waals surface area contributed by atoms with Gasteiger partial charge in [-0.1, -0.05) is 91.0 Å². The standard InChI is InChI=1S/C37H57N5O8S/c1-37(2,3)30-25-26(50-36(38)47)21-23-41(30)51(48,49)24-15-13-11-9-7-5-4-6-8-10-12-14-22-39-28-18-16-17-27-32(28)35(46)42(34(27)45)29-19-20-31(43)40-33(29)44/h16-18,26,29-30,39H,4-15,19-25H2,1-3H3,(H2,38,47)(H,40,43,44). The van der Waals surface area contributed by atoms with Crippen LogP contribution in [0, 0.1) is 5.41 Å². The topological polar surface area (TPSA) is 185 Å². The van der Waals surface area contributed by atoms with Gasteiger partial charge in [-0.3, -0.25) is 29.4 Å². The molecule has 0 spiro atoms. The maximum atomic E-state index is 13.2. The lowest BCUT2D eigenvalue weighted by Crippen LogP contribution is -2.54. The number of nitrogens with zero attached hydrogens (tertiary/aromatic N) is 2. The normalized spacial score (nSPS) is 21.5. The number of rotatable bonds is 19. The van der Waals surface area contributed by atoms with Crippen LogP contribution in [0.3, 0.4) is 0 Å². The number of nitrogens with one attached hydrogen (secondary N) is 2. The molecule has 14 heteroatoms. The van der Waals surface area contributed by atoms with Gasteiger partial charge in [-0.15, -0.1) is 0 Å². The van der Waals surface area contributed by atoms with E-state index in [-0.39, 0.29) is 47.3 Å². The second-order valence-corrected chi connectivity index (χ2v) is 17.3. The van der Waals surface area contributed by atoms with Crippen molar-refractivity contribution in [1.82, 2.24) is 14.5 Å². The molecule has 2 saturated heterocycles. The van der Waals surface area contributed by atoms with Crippen LogP contribution >= 0.6 is 0 Å². The molecule has 51 heavy (non-hydrogen) atoms. The number of sulfonamides is 1. The first-order valence-corrected chi connectivity index (χ1v) is 20.4. The molecular formula is C37H57N5O8S. The fraction of sp³-hybridized carbons (Fsp3) is 0.703. The molecule has 0 radical (unpaired) electrons. The molecule has 3 aliphatic heterocycles. The lowest BCUT2D eigenvalue weighted by atomic mass is 9.81. The Morgan fingerprint density at radius 1 is 0.902 bits per heavy atom. The number of carbonyl (C=O) groups is 5. The van der Waals surface area contributed by atoms with Gasteiger partial charge in [0.15, 0.2) is 0 Å². The number of benzene rings is 1. The van der Waals surface area contributed by atoms with Crippen LogP contribution < -0.4 is 16.4 Å². The van der Waals surface area contributed by atoms with Crippen molar-refractivity contribution in [2.45, 2.75) is 142 Å². The molecule has 0 aromatic heterocycles. The van der Waals surface area contributed by atoms with Gasteiger partial charge in [0.25, 0.3) is 11.8 Å². The van der Waals surface area contributed by atoms with Crippen molar-refractivity contribution in [3.8, 4) is 0 Å². The van der Waals surface area contributed by atoms with Gasteiger partial charge < -0.3 is 15.8 Å². The van der Waals surface area contributed by atoms with Crippen LogP contribution in [0.25, 0.3) is 0 Å². The summed E-state index contributed by atoms with van der Waals surface area (Å²) in [4.78, 5) is 62.3. The van der Waals surface area contributed by atoms with Gasteiger partial charge in [0.1, 0.15) is 12.1 Å². The second kappa shape index (κ2) is 18.3. The van der Waals surface area contributed by atoms with Crippen LogP contribution in [0.4, 0.5) is 10.5 Å². The Hall–Kier alpha value is -3.52. The first kappa shape index (κ1) is 40.3. The number of nitrogens with two attached hydrogens (primary N) is 1. The Morgan fingerprint density at radius 2 is 1.51 bits per heavy atom. The van der Waals surface area contributed by atoms with E-state index < -0.39 is 45.8 Å². The molecule has 4 N–H and O–H groups in total. The zero-order chi connectivity index (χ0) is 37.2. The number of unbranched alkanes of at least 4 members (excludes halogenated alkanes) is 11. The summed E-state index contributed by atoms with van der Waals surface area (Å²) >= 11 is 0. The number of amides is 5. The zero-order valence-corrected chi connectivity index (χ0v) is 31.4. The minimum Gasteiger partial charge on any atom is -0.446 e. The van der Waals surface area contributed by atoms with Gasteiger partial charge in [-0.2, -0.15) is 4.31 Å². The summed E-state index contributed by atoms with van der Waals surface area (Å²) in [5, 5.41) is 5.53. The maximum Gasteiger partial charge on any atom is 0.404 e. The summed E-state index contributed by atoms with van der Waals surface area (Å²) in [6.07, 6.45) is 12.6. The summed E-state index contributed by atoms with van der Waals surface area (Å²) in [6, 6.07) is 3.88. The van der Waals surface area contributed by atoms with Crippen LogP contribution in [0.1, 0.15) is 144 Å². The fourth-order valence-electron chi connectivity index (χ4n) is 7.48. The highest BCUT2D eigenvalue weighted by atomic mass is 32.2. The third-order valence-corrected chi connectivity index (χ3v) is 12.2. The molecule has 3 unspecified atom stereocenters. The van der Waals surface area contributed by atoms with E-state index in [0.717, 1.165) is 56.3 Å². The van der Waals surface area contributed by atoms with Crippen molar-refractivity contribution in [3.63, 3.8) is 0 Å². The molecule has 4 rings (SSSR count). The number of fused-ring (bicyclic) bond motifs is 1. The predicted molar refractivity (Wildman–Crippen MR) is 194 cm³/mol. The van der Waals surface area contributed by atoms with E-state index in [2.05, 4.69) is 10.6 Å². The average molecular weight is 732 g/mol. The minimum absolute atomic E-state index is 0.0883. The van der Waals surface area contributed by atoms with E-state index >= 15 is 0 Å². The quantitative estimate of drug-likeness (QED) is 0.122. The smallest absolute Gasteiger partial charge is 0.404 e. The van der Waals surface area contributed by atoms with Gasteiger partial charge in [0.05, 0.1) is 16.9 Å². The number of piperidine rings is 2. The van der Waals surface area contributed by atoms with Gasteiger partial charge in [-0.05, 0) is 43.2 Å². The first-order valence-electron chi connectivity index (χ1n) is 18.7. The van der Waals surface area contributed by atoms with Crippen molar-refractivity contribution < 1.29 is 37.1 Å². The number of primary amides is 1. The van der Waals surface area contributed by atoms with Gasteiger partial charge >= 0.3 is 6.09 Å². The molecule has 1 aromatic rings. The Kier molecular flexibility index (Phi) is 14.4. The Bertz CT molecular complexity index is 1520. The summed E-state index contributed by atoms with van der Waals surface area (Å²) in [6.45, 7) is 7.05. The van der Waals surface area contributed by atoms with Crippen LogP contribution in [0.2, 0.25) is 0 Å². The number of ether oxygens (including phenoxy) is 1. The highest BCUT2D eigenvalue weighted by Gasteiger charge is 2.46. The number of anilines is 1. The van der Waals surface area contributed by atoms with E-state index in [1.54, 1.807) is 22.5 Å². The number of carbonyl (C=O) groups excluding carboxylic acids is 5. The van der Waals surface area contributed by atoms with Crippen molar-refractivity contribution in [3.05, 3.63) is 29.3 Å². The lowest BCUT2D eigenvalue weighted by Gasteiger charge is -2.44. The van der Waals surface area contributed by atoms with Crippen molar-refractivity contribution in [1.29, 1.82) is 0 Å². The van der Waals surface area contributed by atoms with E-state index in [1.165, 1.54) is 19.3 Å². The maximum absolute atomic E-state index is 13.2. The summed E-state index contributed by atoms with van der Waals surface area (Å²) in [5.74, 6) is -1.87. The monoisotopic (exact) mass is 731 g/mol. The Balaban J connectivity index is 1.03. The Morgan fingerprint density at radius 3 is 2.10 bits per heavy atom. The number of hydrogen-bond donors (Lipinski definition) is 3. The van der Waals surface area contributed by atoms with E-state index in [1.807, 2.05) is 20.8 Å². The van der Waals surface area contributed by atoms with E-state index in [9.17, 15) is 32.4 Å². The molecule has 2 fully saturated rings. The minimum atomic E-state index is -3.40. The molecule has 0 saturated carbocycles. The fourth-order valence-corrected chi connectivity index (χ4v) is 9.46. The lowest BCUT2D eigenvalue weighted by molar-refractivity contribution is -0.136. The third kappa shape index (κ3) is 11.0. The van der Waals surface area contributed by atoms with Crippen molar-refractivity contribution >= 4 is 45.4 Å². The second-order valence-electron chi connectivity index (χ2n) is 15.2. The third-order valence-electron chi connectivity index (χ3n) is 10.3.